The summed E-state index contributed by atoms with van der Waals surface area (Å²) in [6.45, 7) is 8.00. The molecule has 0 aliphatic heterocycles. The van der Waals surface area contributed by atoms with Crippen LogP contribution in [0.4, 0.5) is 0 Å². The first-order valence-corrected chi connectivity index (χ1v) is 5.42. The molecule has 68 valence electrons. The summed E-state index contributed by atoms with van der Waals surface area (Å²) >= 11 is 1.88. The van der Waals surface area contributed by atoms with Crippen molar-refractivity contribution in [1.82, 2.24) is 0 Å². The van der Waals surface area contributed by atoms with E-state index < -0.39 is 0 Å². The lowest BCUT2D eigenvalue weighted by molar-refractivity contribution is 0.897. The van der Waals surface area contributed by atoms with Gasteiger partial charge in [-0.25, -0.2) is 0 Å². The van der Waals surface area contributed by atoms with E-state index in [0.29, 0.717) is 0 Å². The Hall–Kier alpha value is -0.430. The molecule has 0 radical (unpaired) electrons. The molecule has 0 atom stereocenters. The van der Waals surface area contributed by atoms with Crippen LogP contribution in [0.2, 0.25) is 0 Å². The summed E-state index contributed by atoms with van der Waals surface area (Å²) < 4.78 is 0. The van der Waals surface area contributed by atoms with E-state index in [-0.39, 0.29) is 0 Å². The van der Waals surface area contributed by atoms with Crippen molar-refractivity contribution in [3.05, 3.63) is 35.8 Å². The third-order valence-corrected chi connectivity index (χ3v) is 2.55. The third kappa shape index (κ3) is 6.29. The van der Waals surface area contributed by atoms with Gasteiger partial charge in [0.15, 0.2) is 0 Å². The van der Waals surface area contributed by atoms with Crippen LogP contribution in [-0.4, -0.2) is 5.75 Å². The molecular formula is C11H18S. The van der Waals surface area contributed by atoms with Crippen LogP contribution in [0.15, 0.2) is 35.8 Å². The summed E-state index contributed by atoms with van der Waals surface area (Å²) in [7, 11) is 0. The van der Waals surface area contributed by atoms with Crippen LogP contribution in [0.5, 0.6) is 0 Å². The Kier molecular flexibility index (Phi) is 8.35. The highest BCUT2D eigenvalue weighted by molar-refractivity contribution is 8.03. The first kappa shape index (κ1) is 11.6. The molecule has 0 saturated carbocycles. The second-order valence-electron chi connectivity index (χ2n) is 2.50. The second-order valence-corrected chi connectivity index (χ2v) is 3.67. The predicted molar refractivity (Wildman–Crippen MR) is 60.5 cm³/mol. The highest BCUT2D eigenvalue weighted by atomic mass is 32.2. The van der Waals surface area contributed by atoms with Crippen molar-refractivity contribution in [2.24, 2.45) is 0 Å². The fourth-order valence-electron chi connectivity index (χ4n) is 0.701. The van der Waals surface area contributed by atoms with Crippen molar-refractivity contribution in [2.75, 3.05) is 5.75 Å². The summed E-state index contributed by atoms with van der Waals surface area (Å²) in [4.78, 5) is 1.27. The lowest BCUT2D eigenvalue weighted by Crippen LogP contribution is -1.77. The molecule has 0 rings (SSSR count). The maximum absolute atomic E-state index is 3.77. The monoisotopic (exact) mass is 182 g/mol. The number of hydrogen-bond donors (Lipinski definition) is 0. The minimum Gasteiger partial charge on any atom is -0.126 e. The number of unbranched alkanes of at least 4 members (excludes halogenated alkanes) is 1. The van der Waals surface area contributed by atoms with Gasteiger partial charge in [0, 0.05) is 4.91 Å². The molecular weight excluding hydrogens is 164 g/mol. The summed E-state index contributed by atoms with van der Waals surface area (Å²) in [6.07, 6.45) is 10.7. The molecule has 0 aliphatic carbocycles. The molecule has 1 heteroatoms. The standard InChI is InChI=1S/C11H18S/c1-4-7-9-11(6-3)12-10-8-5-2/h4,6-7,9H,3,5,8,10H2,1-2H3/b7-4-,11-9+. The average molecular weight is 182 g/mol. The minimum absolute atomic E-state index is 1.20. The van der Waals surface area contributed by atoms with Gasteiger partial charge >= 0.3 is 0 Å². The Bertz CT molecular complexity index is 166. The fourth-order valence-corrected chi connectivity index (χ4v) is 1.66. The summed E-state index contributed by atoms with van der Waals surface area (Å²) in [6, 6.07) is 0. The lowest BCUT2D eigenvalue weighted by Gasteiger charge is -1.98. The summed E-state index contributed by atoms with van der Waals surface area (Å²) in [5, 5.41) is 0. The molecule has 0 fully saturated rings. The van der Waals surface area contributed by atoms with Gasteiger partial charge in [-0.3, -0.25) is 0 Å². The second kappa shape index (κ2) is 8.66. The van der Waals surface area contributed by atoms with E-state index in [2.05, 4.69) is 25.7 Å². The number of thioether (sulfide) groups is 1. The van der Waals surface area contributed by atoms with E-state index in [1.165, 1.54) is 23.5 Å². The van der Waals surface area contributed by atoms with Gasteiger partial charge < -0.3 is 0 Å². The lowest BCUT2D eigenvalue weighted by atomic mass is 10.4. The van der Waals surface area contributed by atoms with E-state index in [1.807, 2.05) is 30.8 Å². The first-order chi connectivity index (χ1) is 5.85. The highest BCUT2D eigenvalue weighted by Gasteiger charge is 1.90. The molecule has 0 aromatic heterocycles. The quantitative estimate of drug-likeness (QED) is 0.439. The smallest absolute Gasteiger partial charge is 0.00659 e. The Labute approximate surface area is 80.4 Å². The van der Waals surface area contributed by atoms with Crippen LogP contribution in [-0.2, 0) is 0 Å². The van der Waals surface area contributed by atoms with Crippen LogP contribution in [0.1, 0.15) is 26.7 Å². The van der Waals surface area contributed by atoms with Crippen LogP contribution in [0, 0.1) is 0 Å². The van der Waals surface area contributed by atoms with Crippen molar-refractivity contribution in [2.45, 2.75) is 26.7 Å². The topological polar surface area (TPSA) is 0 Å². The number of hydrogen-bond acceptors (Lipinski definition) is 1. The van der Waals surface area contributed by atoms with Crippen molar-refractivity contribution < 1.29 is 0 Å². The van der Waals surface area contributed by atoms with Gasteiger partial charge in [0.2, 0.25) is 0 Å². The molecule has 0 unspecified atom stereocenters. The molecule has 0 nitrogen and oxygen atoms in total. The van der Waals surface area contributed by atoms with Gasteiger partial charge in [0.1, 0.15) is 0 Å². The van der Waals surface area contributed by atoms with Crippen molar-refractivity contribution in [3.8, 4) is 0 Å². The van der Waals surface area contributed by atoms with E-state index in [4.69, 9.17) is 0 Å². The van der Waals surface area contributed by atoms with Crippen molar-refractivity contribution in [1.29, 1.82) is 0 Å². The molecule has 12 heavy (non-hydrogen) atoms. The Morgan fingerprint density at radius 1 is 1.50 bits per heavy atom. The minimum atomic E-state index is 1.20. The number of rotatable bonds is 6. The highest BCUT2D eigenvalue weighted by Crippen LogP contribution is 2.17. The first-order valence-electron chi connectivity index (χ1n) is 4.43. The van der Waals surface area contributed by atoms with Gasteiger partial charge in [0.05, 0.1) is 0 Å². The molecule has 0 aromatic rings. The van der Waals surface area contributed by atoms with Crippen molar-refractivity contribution in [3.63, 3.8) is 0 Å². The molecule has 0 amide bonds. The zero-order valence-electron chi connectivity index (χ0n) is 8.05. The van der Waals surface area contributed by atoms with Crippen LogP contribution in [0.25, 0.3) is 0 Å². The van der Waals surface area contributed by atoms with E-state index >= 15 is 0 Å². The van der Waals surface area contributed by atoms with Crippen LogP contribution in [0.3, 0.4) is 0 Å². The van der Waals surface area contributed by atoms with Gasteiger partial charge in [-0.15, -0.1) is 11.8 Å². The zero-order valence-corrected chi connectivity index (χ0v) is 8.86. The Morgan fingerprint density at radius 2 is 2.25 bits per heavy atom. The van der Waals surface area contributed by atoms with Gasteiger partial charge in [-0.1, -0.05) is 38.2 Å². The van der Waals surface area contributed by atoms with Crippen LogP contribution >= 0.6 is 11.8 Å². The summed E-state index contributed by atoms with van der Waals surface area (Å²) in [5.41, 5.74) is 0. The van der Waals surface area contributed by atoms with Crippen LogP contribution < -0.4 is 0 Å². The molecule has 0 heterocycles. The van der Waals surface area contributed by atoms with E-state index in [1.54, 1.807) is 0 Å². The Balaban J connectivity index is 3.74. The molecule has 0 aliphatic rings. The van der Waals surface area contributed by atoms with Crippen molar-refractivity contribution >= 4 is 11.8 Å². The molecule has 0 spiro atoms. The zero-order chi connectivity index (χ0) is 9.23. The van der Waals surface area contributed by atoms with Gasteiger partial charge in [-0.2, -0.15) is 0 Å². The normalized spacial score (nSPS) is 12.3. The van der Waals surface area contributed by atoms with Gasteiger partial charge in [0.25, 0.3) is 0 Å². The Morgan fingerprint density at radius 3 is 2.75 bits per heavy atom. The van der Waals surface area contributed by atoms with Gasteiger partial charge in [-0.05, 0) is 25.2 Å². The summed E-state index contributed by atoms with van der Waals surface area (Å²) in [5.74, 6) is 1.20. The molecule has 0 N–H and O–H groups in total. The molecule has 0 bridgehead atoms. The predicted octanol–water partition coefficient (Wildman–Crippen LogP) is 4.17. The SMILES string of the molecule is C=C/C(=C\C=C/C)SCCCC. The molecule has 0 aromatic carbocycles. The maximum atomic E-state index is 3.77. The number of allylic oxidation sites excluding steroid dienone is 4. The fraction of sp³-hybridized carbons (Fsp3) is 0.455. The van der Waals surface area contributed by atoms with E-state index in [9.17, 15) is 0 Å². The maximum Gasteiger partial charge on any atom is 0.00659 e. The molecule has 0 saturated heterocycles. The third-order valence-electron chi connectivity index (χ3n) is 1.42. The average Bonchev–Trinajstić information content (AvgIpc) is 2.11. The van der Waals surface area contributed by atoms with E-state index in [0.717, 1.165) is 0 Å². The largest absolute Gasteiger partial charge is 0.126 e.